The number of hydrogen-bond donors (Lipinski definition) is 1. The van der Waals surface area contributed by atoms with E-state index in [-0.39, 0.29) is 5.91 Å². The van der Waals surface area contributed by atoms with Gasteiger partial charge in [0.1, 0.15) is 19.0 Å². The molecule has 2 aromatic rings. The van der Waals surface area contributed by atoms with Crippen LogP contribution in [0.15, 0.2) is 24.3 Å². The van der Waals surface area contributed by atoms with Crippen molar-refractivity contribution in [1.82, 2.24) is 14.9 Å². The summed E-state index contributed by atoms with van der Waals surface area (Å²) in [4.78, 5) is 16.8. The number of rotatable bonds is 5. The number of nitrogens with one attached hydrogen (secondary N) is 1. The van der Waals surface area contributed by atoms with E-state index in [0.717, 1.165) is 29.7 Å². The second-order valence-corrected chi connectivity index (χ2v) is 5.58. The first kappa shape index (κ1) is 14.1. The second-order valence-electron chi connectivity index (χ2n) is 5.58. The number of hydrogen-bond acceptors (Lipinski definition) is 3. The smallest absolute Gasteiger partial charge is 0.240 e. The molecule has 1 aliphatic rings. The molecule has 112 valence electrons. The normalized spacial score (nSPS) is 15.7. The van der Waals surface area contributed by atoms with Gasteiger partial charge in [-0.05, 0) is 25.0 Å². The van der Waals surface area contributed by atoms with E-state index < -0.39 is 0 Å². The number of ether oxygens (including phenoxy) is 1. The number of nitrogens with zero attached hydrogens (tertiary/aromatic N) is 2. The number of imidazole rings is 1. The van der Waals surface area contributed by atoms with Crippen LogP contribution in [0, 0.1) is 0 Å². The van der Waals surface area contributed by atoms with Crippen molar-refractivity contribution >= 4 is 16.9 Å². The van der Waals surface area contributed by atoms with E-state index in [1.807, 2.05) is 28.8 Å². The SMILES string of the molecule is COCc1nc2ccccc2n1CC(=O)NC1CCCC1. The summed E-state index contributed by atoms with van der Waals surface area (Å²) in [7, 11) is 1.64. The van der Waals surface area contributed by atoms with Crippen molar-refractivity contribution in [3.05, 3.63) is 30.1 Å². The van der Waals surface area contributed by atoms with Crippen LogP contribution in [0.5, 0.6) is 0 Å². The average molecular weight is 287 g/mol. The van der Waals surface area contributed by atoms with Gasteiger partial charge in [0, 0.05) is 13.2 Å². The molecule has 1 aliphatic carbocycles. The van der Waals surface area contributed by atoms with Gasteiger partial charge in [0.15, 0.2) is 0 Å². The Bertz CT molecular complexity index is 629. The van der Waals surface area contributed by atoms with E-state index in [1.54, 1.807) is 7.11 Å². The van der Waals surface area contributed by atoms with Crippen LogP contribution in [-0.4, -0.2) is 28.6 Å². The lowest BCUT2D eigenvalue weighted by molar-refractivity contribution is -0.122. The van der Waals surface area contributed by atoms with Crippen LogP contribution < -0.4 is 5.32 Å². The Morgan fingerprint density at radius 2 is 2.14 bits per heavy atom. The molecule has 1 fully saturated rings. The quantitative estimate of drug-likeness (QED) is 0.917. The summed E-state index contributed by atoms with van der Waals surface area (Å²) in [6.07, 6.45) is 4.63. The van der Waals surface area contributed by atoms with Crippen LogP contribution in [0.25, 0.3) is 11.0 Å². The van der Waals surface area contributed by atoms with Gasteiger partial charge in [-0.25, -0.2) is 4.98 Å². The van der Waals surface area contributed by atoms with E-state index >= 15 is 0 Å². The van der Waals surface area contributed by atoms with E-state index in [1.165, 1.54) is 12.8 Å². The molecule has 0 spiro atoms. The van der Waals surface area contributed by atoms with Crippen LogP contribution >= 0.6 is 0 Å². The molecule has 0 unspecified atom stereocenters. The molecular formula is C16H21N3O2. The summed E-state index contributed by atoms with van der Waals surface area (Å²) in [5.74, 6) is 0.850. The third kappa shape index (κ3) is 3.08. The third-order valence-electron chi connectivity index (χ3n) is 4.03. The maximum atomic E-state index is 12.3. The topological polar surface area (TPSA) is 56.2 Å². The predicted octanol–water partition coefficient (Wildman–Crippen LogP) is 2.24. The Labute approximate surface area is 124 Å². The number of carbonyl (C=O) groups is 1. The number of aromatic nitrogens is 2. The second kappa shape index (κ2) is 6.26. The maximum absolute atomic E-state index is 12.3. The molecule has 5 nitrogen and oxygen atoms in total. The maximum Gasteiger partial charge on any atom is 0.240 e. The number of para-hydroxylation sites is 2. The van der Waals surface area contributed by atoms with Crippen LogP contribution in [0.4, 0.5) is 0 Å². The van der Waals surface area contributed by atoms with Gasteiger partial charge in [0.2, 0.25) is 5.91 Å². The average Bonchev–Trinajstić information content (AvgIpc) is 3.08. The molecule has 5 heteroatoms. The van der Waals surface area contributed by atoms with E-state index in [2.05, 4.69) is 10.3 Å². The number of methoxy groups -OCH3 is 1. The molecule has 0 saturated heterocycles. The Morgan fingerprint density at radius 1 is 1.38 bits per heavy atom. The van der Waals surface area contributed by atoms with E-state index in [0.29, 0.717) is 19.2 Å². The fourth-order valence-electron chi connectivity index (χ4n) is 3.03. The van der Waals surface area contributed by atoms with Crippen LogP contribution in [0.2, 0.25) is 0 Å². The standard InChI is InChI=1S/C16H21N3O2/c1-21-11-15-18-13-8-4-5-9-14(13)19(15)10-16(20)17-12-6-2-3-7-12/h4-5,8-9,12H,2-3,6-7,10-11H2,1H3,(H,17,20). The molecule has 21 heavy (non-hydrogen) atoms. The van der Waals surface area contributed by atoms with Gasteiger partial charge in [-0.2, -0.15) is 0 Å². The highest BCUT2D eigenvalue weighted by molar-refractivity contribution is 5.81. The number of carbonyl (C=O) groups excluding carboxylic acids is 1. The van der Waals surface area contributed by atoms with Crippen molar-refractivity contribution in [2.75, 3.05) is 7.11 Å². The molecule has 1 saturated carbocycles. The van der Waals surface area contributed by atoms with Gasteiger partial charge in [-0.3, -0.25) is 4.79 Å². The number of fused-ring (bicyclic) bond motifs is 1. The summed E-state index contributed by atoms with van der Waals surface area (Å²) in [6.45, 7) is 0.709. The highest BCUT2D eigenvalue weighted by atomic mass is 16.5. The van der Waals surface area contributed by atoms with E-state index in [4.69, 9.17) is 4.74 Å². The largest absolute Gasteiger partial charge is 0.377 e. The first-order valence-electron chi connectivity index (χ1n) is 7.50. The molecule has 0 atom stereocenters. The molecule has 1 aromatic heterocycles. The van der Waals surface area contributed by atoms with Crippen LogP contribution in [0.1, 0.15) is 31.5 Å². The highest BCUT2D eigenvalue weighted by Gasteiger charge is 2.19. The summed E-state index contributed by atoms with van der Waals surface area (Å²) in [5, 5.41) is 3.12. The van der Waals surface area contributed by atoms with Gasteiger partial charge in [-0.15, -0.1) is 0 Å². The summed E-state index contributed by atoms with van der Waals surface area (Å²) in [5.41, 5.74) is 1.88. The summed E-state index contributed by atoms with van der Waals surface area (Å²) in [6, 6.07) is 8.21. The van der Waals surface area contributed by atoms with Crippen molar-refractivity contribution < 1.29 is 9.53 Å². The minimum absolute atomic E-state index is 0.0578. The van der Waals surface area contributed by atoms with Gasteiger partial charge in [0.05, 0.1) is 11.0 Å². The first-order chi connectivity index (χ1) is 10.3. The van der Waals surface area contributed by atoms with Gasteiger partial charge < -0.3 is 14.6 Å². The highest BCUT2D eigenvalue weighted by Crippen LogP contribution is 2.19. The molecule has 0 bridgehead atoms. The predicted molar refractivity (Wildman–Crippen MR) is 80.8 cm³/mol. The number of amides is 1. The van der Waals surface area contributed by atoms with Gasteiger partial charge in [0.25, 0.3) is 0 Å². The Kier molecular flexibility index (Phi) is 4.20. The minimum Gasteiger partial charge on any atom is -0.377 e. The van der Waals surface area contributed by atoms with Crippen molar-refractivity contribution in [2.45, 2.75) is 44.9 Å². The zero-order valence-electron chi connectivity index (χ0n) is 12.3. The van der Waals surface area contributed by atoms with Gasteiger partial charge in [-0.1, -0.05) is 25.0 Å². The Hall–Kier alpha value is -1.88. The third-order valence-corrected chi connectivity index (χ3v) is 4.03. The summed E-state index contributed by atoms with van der Waals surface area (Å²) >= 11 is 0. The molecule has 1 aromatic carbocycles. The Balaban J connectivity index is 1.80. The fourth-order valence-corrected chi connectivity index (χ4v) is 3.03. The van der Waals surface area contributed by atoms with Crippen molar-refractivity contribution in [1.29, 1.82) is 0 Å². The van der Waals surface area contributed by atoms with Gasteiger partial charge >= 0.3 is 0 Å². The van der Waals surface area contributed by atoms with Crippen molar-refractivity contribution in [3.63, 3.8) is 0 Å². The zero-order chi connectivity index (χ0) is 14.7. The van der Waals surface area contributed by atoms with Crippen molar-refractivity contribution in [2.24, 2.45) is 0 Å². The Morgan fingerprint density at radius 3 is 2.90 bits per heavy atom. The fraction of sp³-hybridized carbons (Fsp3) is 0.500. The molecule has 1 heterocycles. The molecular weight excluding hydrogens is 266 g/mol. The lowest BCUT2D eigenvalue weighted by atomic mass is 10.2. The zero-order valence-corrected chi connectivity index (χ0v) is 12.3. The van der Waals surface area contributed by atoms with Crippen LogP contribution in [0.3, 0.4) is 0 Å². The monoisotopic (exact) mass is 287 g/mol. The molecule has 0 radical (unpaired) electrons. The molecule has 3 rings (SSSR count). The first-order valence-corrected chi connectivity index (χ1v) is 7.50. The van der Waals surface area contributed by atoms with Crippen LogP contribution in [-0.2, 0) is 22.7 Å². The summed E-state index contributed by atoms with van der Waals surface area (Å²) < 4.78 is 7.15. The van der Waals surface area contributed by atoms with Crippen molar-refractivity contribution in [3.8, 4) is 0 Å². The lowest BCUT2D eigenvalue weighted by Gasteiger charge is -2.14. The van der Waals surface area contributed by atoms with E-state index in [9.17, 15) is 4.79 Å². The minimum atomic E-state index is 0.0578. The lowest BCUT2D eigenvalue weighted by Crippen LogP contribution is -2.35. The molecule has 1 N–H and O–H groups in total. The number of benzene rings is 1. The molecule has 1 amide bonds. The molecule has 0 aliphatic heterocycles.